The summed E-state index contributed by atoms with van der Waals surface area (Å²) in [5, 5.41) is 0. The number of hydrogen-bond acceptors (Lipinski definition) is 3. The van der Waals surface area contributed by atoms with Gasteiger partial charge in [-0.25, -0.2) is 9.18 Å². The van der Waals surface area contributed by atoms with Crippen molar-refractivity contribution in [2.24, 2.45) is 5.92 Å². The molecule has 3 rings (SSSR count). The van der Waals surface area contributed by atoms with E-state index in [1.54, 1.807) is 0 Å². The Balaban J connectivity index is 1.39. The lowest BCUT2D eigenvalue weighted by Crippen LogP contribution is -2.29. The second-order valence-electron chi connectivity index (χ2n) is 8.88. The number of carbonyl (C=O) groups is 1. The molecule has 3 nitrogen and oxygen atoms in total. The highest BCUT2D eigenvalue weighted by molar-refractivity contribution is 5.74. The normalized spacial score (nSPS) is 19.3. The molecule has 0 spiro atoms. The molecule has 0 aliphatic heterocycles. The van der Waals surface area contributed by atoms with Gasteiger partial charge in [0.1, 0.15) is 11.9 Å². The van der Waals surface area contributed by atoms with E-state index >= 15 is 0 Å². The summed E-state index contributed by atoms with van der Waals surface area (Å²) in [5.41, 5.74) is 3.76. The quantitative estimate of drug-likeness (QED) is 0.344. The minimum Gasteiger partial charge on any atom is -0.494 e. The van der Waals surface area contributed by atoms with Crippen molar-refractivity contribution in [3.63, 3.8) is 0 Å². The van der Waals surface area contributed by atoms with Crippen LogP contribution in [0.25, 0.3) is 11.1 Å². The maximum absolute atomic E-state index is 13.8. The Morgan fingerprint density at radius 2 is 1.59 bits per heavy atom. The fourth-order valence-electron chi connectivity index (χ4n) is 4.42. The molecular formula is C28H37FO3. The predicted octanol–water partition coefficient (Wildman–Crippen LogP) is 7.32. The number of hydrogen-bond donors (Lipinski definition) is 0. The summed E-state index contributed by atoms with van der Waals surface area (Å²) in [5.74, 6) is 0.893. The van der Waals surface area contributed by atoms with E-state index in [0.717, 1.165) is 57.1 Å². The Bertz CT molecular complexity index is 808. The Hall–Kier alpha value is -2.36. The van der Waals surface area contributed by atoms with Crippen molar-refractivity contribution in [1.29, 1.82) is 0 Å². The Labute approximate surface area is 192 Å². The first-order valence-corrected chi connectivity index (χ1v) is 12.3. The van der Waals surface area contributed by atoms with E-state index in [2.05, 4.69) is 36.4 Å². The number of carbonyl (C=O) groups excluding carboxylic acids is 1. The molecule has 0 N–H and O–H groups in total. The summed E-state index contributed by atoms with van der Waals surface area (Å²) in [6.07, 6.45) is 6.34. The molecule has 4 heteroatoms. The van der Waals surface area contributed by atoms with Crippen molar-refractivity contribution in [2.75, 3.05) is 6.61 Å². The number of rotatable bonds is 11. The number of esters is 1. The highest BCUT2D eigenvalue weighted by Crippen LogP contribution is 2.30. The summed E-state index contributed by atoms with van der Waals surface area (Å²) < 4.78 is 24.8. The average Bonchev–Trinajstić information content (AvgIpc) is 2.83. The van der Waals surface area contributed by atoms with Gasteiger partial charge >= 0.3 is 5.97 Å². The number of ether oxygens (including phenoxy) is 2. The van der Waals surface area contributed by atoms with Crippen molar-refractivity contribution in [1.82, 2.24) is 0 Å². The van der Waals surface area contributed by atoms with Gasteiger partial charge in [-0.1, -0.05) is 56.2 Å². The summed E-state index contributed by atoms with van der Waals surface area (Å²) in [6.45, 7) is 4.66. The third kappa shape index (κ3) is 7.36. The van der Waals surface area contributed by atoms with Crippen LogP contribution in [0.15, 0.2) is 48.5 Å². The minimum atomic E-state index is -1.46. The van der Waals surface area contributed by atoms with Crippen LogP contribution in [0.4, 0.5) is 4.39 Å². The van der Waals surface area contributed by atoms with Crippen LogP contribution in [-0.4, -0.2) is 24.9 Å². The number of benzene rings is 2. The number of alkyl halides is 1. The van der Waals surface area contributed by atoms with Gasteiger partial charge in [-0.15, -0.1) is 0 Å². The minimum absolute atomic E-state index is 0.105. The van der Waals surface area contributed by atoms with E-state index in [9.17, 15) is 9.18 Å². The smallest absolute Gasteiger partial charge is 0.340 e. The number of unbranched alkanes of at least 4 members (excludes halogenated alkanes) is 1. The fraction of sp³-hybridized carbons (Fsp3) is 0.536. The highest BCUT2D eigenvalue weighted by Gasteiger charge is 2.27. The largest absolute Gasteiger partial charge is 0.494 e. The first-order valence-electron chi connectivity index (χ1n) is 12.3. The molecular weight excluding hydrogens is 403 g/mol. The zero-order valence-corrected chi connectivity index (χ0v) is 19.5. The van der Waals surface area contributed by atoms with Gasteiger partial charge in [-0.2, -0.15) is 0 Å². The van der Waals surface area contributed by atoms with Gasteiger partial charge in [-0.05, 0) is 86.6 Å². The fourth-order valence-corrected chi connectivity index (χ4v) is 4.42. The van der Waals surface area contributed by atoms with Gasteiger partial charge in [0.05, 0.1) is 6.61 Å². The highest BCUT2D eigenvalue weighted by atomic mass is 19.1. The van der Waals surface area contributed by atoms with Crippen LogP contribution in [0, 0.1) is 5.92 Å². The standard InChI is InChI=1S/C28H37FO3/c1-3-5-6-27(29)28(30)32-26-17-11-22(12-18-26)8-7-21-9-13-23(14-10-21)24-15-19-25(20-16-24)31-4-2/h9-10,13-16,19-20,22,26-27H,3-8,11-12,17-18H2,1-2H3/t22?,26?,27-/m0/s1. The molecule has 0 amide bonds. The van der Waals surface area contributed by atoms with Crippen LogP contribution in [0.3, 0.4) is 0 Å². The van der Waals surface area contributed by atoms with Crippen LogP contribution in [-0.2, 0) is 16.0 Å². The molecule has 2 aromatic carbocycles. The van der Waals surface area contributed by atoms with Crippen LogP contribution < -0.4 is 4.74 Å². The van der Waals surface area contributed by atoms with Gasteiger partial charge in [-0.3, -0.25) is 0 Å². The molecule has 1 atom stereocenters. The first kappa shape index (κ1) is 24.3. The van der Waals surface area contributed by atoms with Gasteiger partial charge < -0.3 is 9.47 Å². The number of halogens is 1. The SMILES string of the molecule is CCCC[C@H](F)C(=O)OC1CCC(CCc2ccc(-c3ccc(OCC)cc3)cc2)CC1. The van der Waals surface area contributed by atoms with Crippen LogP contribution >= 0.6 is 0 Å². The molecule has 1 fully saturated rings. The van der Waals surface area contributed by atoms with Crippen LogP contribution in [0.2, 0.25) is 0 Å². The molecule has 0 saturated heterocycles. The second-order valence-corrected chi connectivity index (χ2v) is 8.88. The molecule has 174 valence electrons. The molecule has 0 aromatic heterocycles. The Morgan fingerprint density at radius 1 is 0.969 bits per heavy atom. The maximum atomic E-state index is 13.8. The third-order valence-electron chi connectivity index (χ3n) is 6.44. The molecule has 1 saturated carbocycles. The molecule has 0 radical (unpaired) electrons. The molecule has 32 heavy (non-hydrogen) atoms. The molecule has 1 aliphatic rings. The lowest BCUT2D eigenvalue weighted by molar-refractivity contribution is -0.157. The average molecular weight is 441 g/mol. The Morgan fingerprint density at radius 3 is 2.19 bits per heavy atom. The second kappa shape index (κ2) is 12.6. The van der Waals surface area contributed by atoms with Gasteiger partial charge in [0, 0.05) is 0 Å². The number of aryl methyl sites for hydroxylation is 1. The first-order chi connectivity index (χ1) is 15.6. The van der Waals surface area contributed by atoms with E-state index in [4.69, 9.17) is 9.47 Å². The molecule has 0 bridgehead atoms. The summed E-state index contributed by atoms with van der Waals surface area (Å²) in [6, 6.07) is 17.0. The van der Waals surface area contributed by atoms with Crippen molar-refractivity contribution in [2.45, 2.75) is 83.9 Å². The lowest BCUT2D eigenvalue weighted by Gasteiger charge is -2.28. The molecule has 2 aromatic rings. The van der Waals surface area contributed by atoms with E-state index in [1.165, 1.54) is 16.7 Å². The van der Waals surface area contributed by atoms with Crippen molar-refractivity contribution >= 4 is 5.97 Å². The van der Waals surface area contributed by atoms with Crippen LogP contribution in [0.1, 0.15) is 70.8 Å². The van der Waals surface area contributed by atoms with Gasteiger partial charge in [0.25, 0.3) is 0 Å². The summed E-state index contributed by atoms with van der Waals surface area (Å²) >= 11 is 0. The van der Waals surface area contributed by atoms with Crippen LogP contribution in [0.5, 0.6) is 5.75 Å². The van der Waals surface area contributed by atoms with E-state index < -0.39 is 12.1 Å². The molecule has 1 aliphatic carbocycles. The Kier molecular flexibility index (Phi) is 9.58. The summed E-state index contributed by atoms with van der Waals surface area (Å²) in [4.78, 5) is 11.9. The molecule has 0 heterocycles. The zero-order valence-electron chi connectivity index (χ0n) is 19.5. The van der Waals surface area contributed by atoms with Gasteiger partial charge in [0.15, 0.2) is 6.17 Å². The van der Waals surface area contributed by atoms with Crippen molar-refractivity contribution in [3.8, 4) is 16.9 Å². The maximum Gasteiger partial charge on any atom is 0.340 e. The predicted molar refractivity (Wildman–Crippen MR) is 128 cm³/mol. The topological polar surface area (TPSA) is 35.5 Å². The van der Waals surface area contributed by atoms with Crippen molar-refractivity contribution < 1.29 is 18.7 Å². The zero-order chi connectivity index (χ0) is 22.8. The third-order valence-corrected chi connectivity index (χ3v) is 6.44. The van der Waals surface area contributed by atoms with E-state index in [0.29, 0.717) is 12.5 Å². The molecule has 0 unspecified atom stereocenters. The van der Waals surface area contributed by atoms with E-state index in [1.807, 2.05) is 26.0 Å². The monoisotopic (exact) mass is 440 g/mol. The lowest BCUT2D eigenvalue weighted by atomic mass is 9.83. The summed E-state index contributed by atoms with van der Waals surface area (Å²) in [7, 11) is 0. The van der Waals surface area contributed by atoms with Crippen molar-refractivity contribution in [3.05, 3.63) is 54.1 Å². The van der Waals surface area contributed by atoms with E-state index in [-0.39, 0.29) is 12.5 Å². The van der Waals surface area contributed by atoms with Gasteiger partial charge in [0.2, 0.25) is 0 Å².